The predicted molar refractivity (Wildman–Crippen MR) is 213 cm³/mol. The smallest absolute Gasteiger partial charge is 0.0991 e. The second kappa shape index (κ2) is 16.3. The summed E-state index contributed by atoms with van der Waals surface area (Å²) in [5.41, 5.74) is 19.1. The van der Waals surface area contributed by atoms with Crippen molar-refractivity contribution in [2.75, 3.05) is 0 Å². The normalized spacial score (nSPS) is 10.9. The number of unbranched alkanes of at least 4 members (excludes halogenated alkanes) is 4. The highest BCUT2D eigenvalue weighted by atomic mass is 14.2. The fraction of sp³-hybridized carbons (Fsp3) is 0.224. The molecule has 0 atom stereocenters. The van der Waals surface area contributed by atoms with Crippen LogP contribution in [0.15, 0.2) is 121 Å². The van der Waals surface area contributed by atoms with Crippen LogP contribution in [0.25, 0.3) is 44.5 Å². The summed E-state index contributed by atoms with van der Waals surface area (Å²) in [6, 6.07) is 47.6. The number of hydrogen-bond acceptors (Lipinski definition) is 2. The van der Waals surface area contributed by atoms with Crippen molar-refractivity contribution < 1.29 is 0 Å². The molecule has 252 valence electrons. The zero-order valence-corrected chi connectivity index (χ0v) is 30.4. The first-order valence-electron chi connectivity index (χ1n) is 18.2. The van der Waals surface area contributed by atoms with Crippen molar-refractivity contribution in [1.82, 2.24) is 0 Å². The van der Waals surface area contributed by atoms with Gasteiger partial charge >= 0.3 is 0 Å². The zero-order valence-electron chi connectivity index (χ0n) is 30.4. The number of rotatable bonds is 12. The third kappa shape index (κ3) is 8.55. The van der Waals surface area contributed by atoms with Gasteiger partial charge in [0.25, 0.3) is 0 Å². The fourth-order valence-electron chi connectivity index (χ4n) is 7.51. The molecule has 0 aliphatic rings. The van der Waals surface area contributed by atoms with Gasteiger partial charge in [0.15, 0.2) is 0 Å². The number of benzene rings is 6. The zero-order chi connectivity index (χ0) is 35.7. The van der Waals surface area contributed by atoms with Gasteiger partial charge in [-0.1, -0.05) is 116 Å². The Hall–Kier alpha value is -5.70. The van der Waals surface area contributed by atoms with Gasteiger partial charge in [0.05, 0.1) is 23.3 Å². The van der Waals surface area contributed by atoms with Crippen LogP contribution in [-0.4, -0.2) is 0 Å². The second-order valence-electron chi connectivity index (χ2n) is 14.0. The van der Waals surface area contributed by atoms with E-state index in [1.165, 1.54) is 98.9 Å². The monoisotopic (exact) mass is 662 g/mol. The standard InChI is InChI=1S/C49H46N2/c1-34-28-46(29-35(2)48(34)44-24-16-40(32-50)17-25-44)42-20-12-38(13-21-42)10-8-6-5-7-9-11-39-14-22-43(23-15-39)47-30-36(3)49(37(4)31-47)45-26-18-41(33-51)19-27-45/h12-31H,5-11H2,1-4H3. The van der Waals surface area contributed by atoms with Crippen molar-refractivity contribution in [2.24, 2.45) is 0 Å². The Bertz CT molecular complexity index is 1980. The minimum absolute atomic E-state index is 0.690. The van der Waals surface area contributed by atoms with Gasteiger partial charge < -0.3 is 0 Å². The molecule has 0 saturated carbocycles. The molecule has 2 heteroatoms. The van der Waals surface area contributed by atoms with Crippen LogP contribution in [-0.2, 0) is 12.8 Å². The Balaban J connectivity index is 0.937. The first-order chi connectivity index (χ1) is 24.8. The minimum atomic E-state index is 0.690. The average molecular weight is 663 g/mol. The lowest BCUT2D eigenvalue weighted by Crippen LogP contribution is -1.92. The summed E-state index contributed by atoms with van der Waals surface area (Å²) < 4.78 is 0. The summed E-state index contributed by atoms with van der Waals surface area (Å²) in [5, 5.41) is 18.3. The molecular weight excluding hydrogens is 617 g/mol. The van der Waals surface area contributed by atoms with E-state index in [1.54, 1.807) is 0 Å². The van der Waals surface area contributed by atoms with Crippen molar-refractivity contribution >= 4 is 0 Å². The first-order valence-corrected chi connectivity index (χ1v) is 18.2. The predicted octanol–water partition coefficient (Wildman–Crippen LogP) is 13.1. The van der Waals surface area contributed by atoms with Crippen molar-refractivity contribution in [3.8, 4) is 56.6 Å². The molecule has 0 unspecified atom stereocenters. The van der Waals surface area contributed by atoms with Gasteiger partial charge in [0.1, 0.15) is 0 Å². The van der Waals surface area contributed by atoms with E-state index < -0.39 is 0 Å². The molecular formula is C49H46N2. The molecule has 0 aromatic heterocycles. The van der Waals surface area contributed by atoms with E-state index in [4.69, 9.17) is 10.5 Å². The van der Waals surface area contributed by atoms with Gasteiger partial charge in [0.2, 0.25) is 0 Å². The lowest BCUT2D eigenvalue weighted by molar-refractivity contribution is 0.613. The topological polar surface area (TPSA) is 47.6 Å². The molecule has 51 heavy (non-hydrogen) atoms. The van der Waals surface area contributed by atoms with Crippen molar-refractivity contribution in [2.45, 2.75) is 72.6 Å². The SMILES string of the molecule is Cc1cc(-c2ccc(CCCCCCCc3ccc(-c4cc(C)c(-c5ccc(C#N)cc5)c(C)c4)cc3)cc2)cc(C)c1-c1ccc(C#N)cc1. The molecule has 0 aliphatic heterocycles. The maximum atomic E-state index is 9.14. The maximum absolute atomic E-state index is 9.14. The van der Waals surface area contributed by atoms with E-state index >= 15 is 0 Å². The van der Waals surface area contributed by atoms with Gasteiger partial charge in [-0.2, -0.15) is 10.5 Å². The summed E-state index contributed by atoms with van der Waals surface area (Å²) in [5.74, 6) is 0. The average Bonchev–Trinajstić information content (AvgIpc) is 3.15. The van der Waals surface area contributed by atoms with Crippen LogP contribution in [0.1, 0.15) is 76.6 Å². The Kier molecular flexibility index (Phi) is 11.3. The molecule has 6 rings (SSSR count). The van der Waals surface area contributed by atoms with Crippen molar-refractivity contribution in [1.29, 1.82) is 10.5 Å². The third-order valence-electron chi connectivity index (χ3n) is 10.2. The van der Waals surface area contributed by atoms with Crippen molar-refractivity contribution in [3.63, 3.8) is 0 Å². The van der Waals surface area contributed by atoms with Gasteiger partial charge in [0, 0.05) is 0 Å². The summed E-state index contributed by atoms with van der Waals surface area (Å²) in [6.07, 6.45) is 8.54. The lowest BCUT2D eigenvalue weighted by atomic mass is 9.91. The van der Waals surface area contributed by atoms with Crippen LogP contribution in [0, 0.1) is 50.4 Å². The van der Waals surface area contributed by atoms with E-state index in [2.05, 4.69) is 113 Å². The highest BCUT2D eigenvalue weighted by Crippen LogP contribution is 2.34. The van der Waals surface area contributed by atoms with E-state index in [0.29, 0.717) is 11.1 Å². The molecule has 0 radical (unpaired) electrons. The minimum Gasteiger partial charge on any atom is -0.192 e. The third-order valence-corrected chi connectivity index (χ3v) is 10.2. The molecule has 0 amide bonds. The molecule has 0 N–H and O–H groups in total. The lowest BCUT2D eigenvalue weighted by Gasteiger charge is -2.14. The number of hydrogen-bond donors (Lipinski definition) is 0. The fourth-order valence-corrected chi connectivity index (χ4v) is 7.51. The Morgan fingerprint density at radius 1 is 0.353 bits per heavy atom. The molecule has 0 bridgehead atoms. The molecule has 0 aliphatic carbocycles. The van der Waals surface area contributed by atoms with Crippen LogP contribution in [0.5, 0.6) is 0 Å². The quantitative estimate of drug-likeness (QED) is 0.122. The maximum Gasteiger partial charge on any atom is 0.0991 e. The molecule has 6 aromatic rings. The van der Waals surface area contributed by atoms with Crippen molar-refractivity contribution in [3.05, 3.63) is 166 Å². The van der Waals surface area contributed by atoms with Gasteiger partial charge in [-0.3, -0.25) is 0 Å². The highest BCUT2D eigenvalue weighted by Gasteiger charge is 2.11. The van der Waals surface area contributed by atoms with Gasteiger partial charge in [-0.25, -0.2) is 0 Å². The summed E-state index contributed by atoms with van der Waals surface area (Å²) >= 11 is 0. The summed E-state index contributed by atoms with van der Waals surface area (Å²) in [4.78, 5) is 0. The number of nitriles is 2. The summed E-state index contributed by atoms with van der Waals surface area (Å²) in [6.45, 7) is 8.71. The molecule has 0 saturated heterocycles. The second-order valence-corrected chi connectivity index (χ2v) is 14.0. The molecule has 0 fully saturated rings. The van der Waals surface area contributed by atoms with Gasteiger partial charge in [-0.15, -0.1) is 0 Å². The van der Waals surface area contributed by atoms with Gasteiger partial charge in [-0.05, 0) is 156 Å². The van der Waals surface area contributed by atoms with Crippen LogP contribution >= 0.6 is 0 Å². The van der Waals surface area contributed by atoms with E-state index in [-0.39, 0.29) is 0 Å². The summed E-state index contributed by atoms with van der Waals surface area (Å²) in [7, 11) is 0. The molecule has 0 heterocycles. The number of nitrogens with zero attached hydrogens (tertiary/aromatic N) is 2. The first kappa shape index (κ1) is 35.1. The van der Waals surface area contributed by atoms with Crippen LogP contribution in [0.4, 0.5) is 0 Å². The Morgan fingerprint density at radius 3 is 0.961 bits per heavy atom. The molecule has 0 spiro atoms. The molecule has 2 nitrogen and oxygen atoms in total. The van der Waals surface area contributed by atoms with Crippen LogP contribution in [0.3, 0.4) is 0 Å². The van der Waals surface area contributed by atoms with Crippen LogP contribution in [0.2, 0.25) is 0 Å². The Morgan fingerprint density at radius 2 is 0.647 bits per heavy atom. The Labute approximate surface area is 304 Å². The molecule has 6 aromatic carbocycles. The van der Waals surface area contributed by atoms with E-state index in [0.717, 1.165) is 24.0 Å². The van der Waals surface area contributed by atoms with Crippen LogP contribution < -0.4 is 0 Å². The highest BCUT2D eigenvalue weighted by molar-refractivity contribution is 5.78. The van der Waals surface area contributed by atoms with E-state index in [9.17, 15) is 0 Å². The largest absolute Gasteiger partial charge is 0.192 e. The number of aryl methyl sites for hydroxylation is 6. The van der Waals surface area contributed by atoms with E-state index in [1.807, 2.05) is 48.5 Å².